The molecule has 0 aliphatic carbocycles. The largest absolute Gasteiger partial charge is 0.288 e. The summed E-state index contributed by atoms with van der Waals surface area (Å²) >= 11 is 3.25. The molecule has 2 nitrogen and oxygen atoms in total. The molecule has 56 valence electrons. The highest BCUT2D eigenvalue weighted by atomic mass is 79.9. The molecule has 0 aromatic rings. The summed E-state index contributed by atoms with van der Waals surface area (Å²) in [5.74, 6) is 0. The van der Waals surface area contributed by atoms with Crippen LogP contribution < -0.4 is 0 Å². The van der Waals surface area contributed by atoms with Crippen molar-refractivity contribution in [1.82, 2.24) is 5.06 Å². The first-order chi connectivity index (χ1) is 4.52. The van der Waals surface area contributed by atoms with Crippen LogP contribution in [0.4, 0.5) is 0 Å². The standard InChI is InChI=1S/C7H10BrNO/c1-7(2)4-3-6(8)5-9(7)10/h3-5,10H,1-2H3. The number of hydroxylamine groups is 2. The van der Waals surface area contributed by atoms with Gasteiger partial charge in [0.15, 0.2) is 0 Å². The Morgan fingerprint density at radius 3 is 2.60 bits per heavy atom. The van der Waals surface area contributed by atoms with E-state index in [0.717, 1.165) is 4.48 Å². The van der Waals surface area contributed by atoms with Gasteiger partial charge in [-0.25, -0.2) is 0 Å². The van der Waals surface area contributed by atoms with Crippen LogP contribution in [0.15, 0.2) is 22.8 Å². The van der Waals surface area contributed by atoms with Gasteiger partial charge in [-0.15, -0.1) is 0 Å². The lowest BCUT2D eigenvalue weighted by atomic mass is 10.0. The fourth-order valence-electron chi connectivity index (χ4n) is 0.686. The van der Waals surface area contributed by atoms with Gasteiger partial charge in [0.05, 0.1) is 5.54 Å². The summed E-state index contributed by atoms with van der Waals surface area (Å²) in [6.07, 6.45) is 5.49. The number of halogens is 1. The Balaban J connectivity index is 2.84. The number of allylic oxidation sites excluding steroid dienone is 2. The molecule has 1 N–H and O–H groups in total. The maximum absolute atomic E-state index is 9.28. The van der Waals surface area contributed by atoms with Gasteiger partial charge < -0.3 is 0 Å². The van der Waals surface area contributed by atoms with Gasteiger partial charge in [0.2, 0.25) is 0 Å². The van der Waals surface area contributed by atoms with Gasteiger partial charge in [0.1, 0.15) is 0 Å². The molecule has 1 aliphatic rings. The van der Waals surface area contributed by atoms with Crippen LogP contribution >= 0.6 is 15.9 Å². The number of rotatable bonds is 0. The van der Waals surface area contributed by atoms with Gasteiger partial charge in [-0.1, -0.05) is 6.08 Å². The van der Waals surface area contributed by atoms with E-state index in [1.54, 1.807) is 6.20 Å². The molecular weight excluding hydrogens is 194 g/mol. The molecule has 3 heteroatoms. The van der Waals surface area contributed by atoms with E-state index in [2.05, 4.69) is 15.9 Å². The second-order valence-electron chi connectivity index (χ2n) is 2.85. The van der Waals surface area contributed by atoms with E-state index >= 15 is 0 Å². The van der Waals surface area contributed by atoms with Crippen LogP contribution in [-0.4, -0.2) is 15.8 Å². The molecule has 0 fully saturated rings. The molecule has 0 aromatic carbocycles. The Hall–Kier alpha value is -0.280. The molecule has 0 saturated carbocycles. The van der Waals surface area contributed by atoms with Gasteiger partial charge in [-0.2, -0.15) is 0 Å². The fraction of sp³-hybridized carbons (Fsp3) is 0.429. The van der Waals surface area contributed by atoms with E-state index in [0.29, 0.717) is 0 Å². The summed E-state index contributed by atoms with van der Waals surface area (Å²) in [5, 5.41) is 10.5. The van der Waals surface area contributed by atoms with Crippen molar-refractivity contribution in [1.29, 1.82) is 0 Å². The molecular formula is C7H10BrNO. The molecule has 0 spiro atoms. The maximum atomic E-state index is 9.28. The quantitative estimate of drug-likeness (QED) is 0.654. The minimum absolute atomic E-state index is 0.280. The first-order valence-corrected chi connectivity index (χ1v) is 3.86. The molecule has 1 rings (SSSR count). The van der Waals surface area contributed by atoms with Crippen LogP contribution in [0.25, 0.3) is 0 Å². The Bertz CT molecular complexity index is 196. The van der Waals surface area contributed by atoms with E-state index in [4.69, 9.17) is 0 Å². The van der Waals surface area contributed by atoms with Gasteiger partial charge in [0.25, 0.3) is 0 Å². The van der Waals surface area contributed by atoms with E-state index in [9.17, 15) is 5.21 Å². The van der Waals surface area contributed by atoms with Crippen molar-refractivity contribution in [2.45, 2.75) is 19.4 Å². The molecule has 0 aromatic heterocycles. The number of nitrogens with zero attached hydrogens (tertiary/aromatic N) is 1. The Kier molecular flexibility index (Phi) is 1.88. The molecule has 0 radical (unpaired) electrons. The Morgan fingerprint density at radius 2 is 2.20 bits per heavy atom. The smallest absolute Gasteiger partial charge is 0.0791 e. The Morgan fingerprint density at radius 1 is 1.60 bits per heavy atom. The van der Waals surface area contributed by atoms with E-state index in [1.165, 1.54) is 5.06 Å². The maximum Gasteiger partial charge on any atom is 0.0791 e. The highest BCUT2D eigenvalue weighted by molar-refractivity contribution is 9.11. The second kappa shape index (κ2) is 2.40. The van der Waals surface area contributed by atoms with Crippen molar-refractivity contribution in [3.05, 3.63) is 22.8 Å². The van der Waals surface area contributed by atoms with Crippen LogP contribution in [0.2, 0.25) is 0 Å². The SMILES string of the molecule is CC1(C)C=CC(Br)=CN1O. The summed E-state index contributed by atoms with van der Waals surface area (Å²) in [6.45, 7) is 3.86. The van der Waals surface area contributed by atoms with E-state index in [-0.39, 0.29) is 5.54 Å². The van der Waals surface area contributed by atoms with Crippen molar-refractivity contribution >= 4 is 15.9 Å². The van der Waals surface area contributed by atoms with E-state index < -0.39 is 0 Å². The van der Waals surface area contributed by atoms with Gasteiger partial charge in [-0.05, 0) is 35.9 Å². The highest BCUT2D eigenvalue weighted by Crippen LogP contribution is 2.23. The summed E-state index contributed by atoms with van der Waals surface area (Å²) in [6, 6.07) is 0. The fourth-order valence-corrected chi connectivity index (χ4v) is 1.01. The topological polar surface area (TPSA) is 23.5 Å². The lowest BCUT2D eigenvalue weighted by molar-refractivity contribution is -0.0994. The first-order valence-electron chi connectivity index (χ1n) is 3.07. The number of hydrogen-bond donors (Lipinski definition) is 1. The molecule has 1 aliphatic heterocycles. The molecule has 1 heterocycles. The third kappa shape index (κ3) is 1.41. The normalized spacial score (nSPS) is 22.8. The van der Waals surface area contributed by atoms with Crippen LogP contribution in [0.1, 0.15) is 13.8 Å². The second-order valence-corrected chi connectivity index (χ2v) is 3.76. The zero-order chi connectivity index (χ0) is 7.78. The summed E-state index contributed by atoms with van der Waals surface area (Å²) in [4.78, 5) is 0. The predicted octanol–water partition coefficient (Wildman–Crippen LogP) is 2.26. The average Bonchev–Trinajstić information content (AvgIpc) is 1.81. The van der Waals surface area contributed by atoms with Crippen molar-refractivity contribution in [3.8, 4) is 0 Å². The molecule has 10 heavy (non-hydrogen) atoms. The van der Waals surface area contributed by atoms with Crippen LogP contribution in [0.3, 0.4) is 0 Å². The van der Waals surface area contributed by atoms with E-state index in [1.807, 2.05) is 26.0 Å². The van der Waals surface area contributed by atoms with Crippen LogP contribution in [-0.2, 0) is 0 Å². The van der Waals surface area contributed by atoms with Crippen LogP contribution in [0, 0.1) is 0 Å². The monoisotopic (exact) mass is 203 g/mol. The lowest BCUT2D eigenvalue weighted by Gasteiger charge is -2.31. The van der Waals surface area contributed by atoms with Gasteiger partial charge in [-0.3, -0.25) is 10.3 Å². The highest BCUT2D eigenvalue weighted by Gasteiger charge is 2.22. The first kappa shape index (κ1) is 7.82. The minimum Gasteiger partial charge on any atom is -0.288 e. The van der Waals surface area contributed by atoms with Crippen molar-refractivity contribution in [2.75, 3.05) is 0 Å². The third-order valence-corrected chi connectivity index (χ3v) is 1.96. The predicted molar refractivity (Wildman–Crippen MR) is 43.9 cm³/mol. The lowest BCUT2D eigenvalue weighted by Crippen LogP contribution is -2.37. The van der Waals surface area contributed by atoms with Crippen molar-refractivity contribution in [3.63, 3.8) is 0 Å². The summed E-state index contributed by atoms with van der Waals surface area (Å²) in [5.41, 5.74) is -0.280. The molecule has 0 bridgehead atoms. The van der Waals surface area contributed by atoms with Gasteiger partial charge >= 0.3 is 0 Å². The minimum atomic E-state index is -0.280. The average molecular weight is 204 g/mol. The molecule has 0 unspecified atom stereocenters. The molecule has 0 saturated heterocycles. The van der Waals surface area contributed by atoms with Crippen LogP contribution in [0.5, 0.6) is 0 Å². The zero-order valence-corrected chi connectivity index (χ0v) is 7.59. The van der Waals surface area contributed by atoms with Crippen molar-refractivity contribution in [2.24, 2.45) is 0 Å². The third-order valence-electron chi connectivity index (χ3n) is 1.49. The Labute approximate surface area is 68.9 Å². The van der Waals surface area contributed by atoms with Crippen molar-refractivity contribution < 1.29 is 5.21 Å². The number of hydrogen-bond acceptors (Lipinski definition) is 2. The van der Waals surface area contributed by atoms with Gasteiger partial charge in [0, 0.05) is 10.7 Å². The molecule has 0 amide bonds. The molecule has 0 atom stereocenters. The summed E-state index contributed by atoms with van der Waals surface area (Å²) in [7, 11) is 0. The summed E-state index contributed by atoms with van der Waals surface area (Å²) < 4.78 is 0.884. The zero-order valence-electron chi connectivity index (χ0n) is 6.00.